The normalized spacial score (nSPS) is 13.6. The lowest BCUT2D eigenvalue weighted by atomic mass is 9.96. The van der Waals surface area contributed by atoms with E-state index >= 15 is 0 Å². The third-order valence-corrected chi connectivity index (χ3v) is 7.77. The number of carbonyl (C=O) groups excluding carboxylic acids is 2. The summed E-state index contributed by atoms with van der Waals surface area (Å²) >= 11 is 1.70. The first-order valence-corrected chi connectivity index (χ1v) is 13.3. The van der Waals surface area contributed by atoms with Gasteiger partial charge in [0.15, 0.2) is 0 Å². The number of hydrogen-bond acceptors (Lipinski definition) is 6. The summed E-state index contributed by atoms with van der Waals surface area (Å²) in [4.78, 5) is 26.0. The van der Waals surface area contributed by atoms with Gasteiger partial charge in [0, 0.05) is 21.8 Å². The van der Waals surface area contributed by atoms with Crippen molar-refractivity contribution in [3.63, 3.8) is 0 Å². The zero-order valence-electron chi connectivity index (χ0n) is 21.3. The zero-order valence-corrected chi connectivity index (χ0v) is 22.2. The van der Waals surface area contributed by atoms with E-state index in [0.717, 1.165) is 52.3 Å². The number of ether oxygens (including phenoxy) is 1. The standard InChI is InChI=1S/C28H31N5O3S/c1-4-36-28(35)31-24(20-10-6-5-7-11-20)15-26(34)32-30-17-21-14-18(2)33(19(21)3)27-23(16-29)22-12-8-9-13-25(22)37-27/h5-7,10-11,14,17,24H,4,8-9,12-13,15H2,1-3H3,(H,31,35)(H,32,34)/b30-17-/t24-/m1/s1. The molecule has 1 aromatic carbocycles. The van der Waals surface area contributed by atoms with E-state index in [-0.39, 0.29) is 18.9 Å². The topological polar surface area (TPSA) is 109 Å². The van der Waals surface area contributed by atoms with E-state index in [0.29, 0.717) is 0 Å². The summed E-state index contributed by atoms with van der Waals surface area (Å²) in [5, 5.41) is 17.8. The molecule has 9 heteroatoms. The Morgan fingerprint density at radius 3 is 2.73 bits per heavy atom. The molecule has 1 atom stereocenters. The van der Waals surface area contributed by atoms with Crippen LogP contribution in [0.15, 0.2) is 41.5 Å². The Morgan fingerprint density at radius 1 is 1.24 bits per heavy atom. The number of nitrogens with zero attached hydrogens (tertiary/aromatic N) is 3. The van der Waals surface area contributed by atoms with Gasteiger partial charge in [0.2, 0.25) is 5.91 Å². The molecule has 0 unspecified atom stereocenters. The second-order valence-corrected chi connectivity index (χ2v) is 10.1. The molecule has 1 aliphatic carbocycles. The first-order valence-electron chi connectivity index (χ1n) is 12.5. The van der Waals surface area contributed by atoms with Crippen molar-refractivity contribution in [3.05, 3.63) is 74.9 Å². The zero-order chi connectivity index (χ0) is 26.4. The van der Waals surface area contributed by atoms with Crippen molar-refractivity contribution in [2.75, 3.05) is 6.61 Å². The minimum atomic E-state index is -0.577. The van der Waals surface area contributed by atoms with Gasteiger partial charge in [0.25, 0.3) is 0 Å². The third-order valence-electron chi connectivity index (χ3n) is 6.49. The van der Waals surface area contributed by atoms with Crippen LogP contribution < -0.4 is 10.7 Å². The van der Waals surface area contributed by atoms with E-state index in [1.165, 1.54) is 16.9 Å². The summed E-state index contributed by atoms with van der Waals surface area (Å²) in [6, 6.07) is 13.2. The molecular weight excluding hydrogens is 486 g/mol. The minimum absolute atomic E-state index is 0.00542. The van der Waals surface area contributed by atoms with Gasteiger partial charge >= 0.3 is 6.09 Å². The molecule has 2 amide bonds. The van der Waals surface area contributed by atoms with E-state index in [2.05, 4.69) is 26.5 Å². The summed E-state index contributed by atoms with van der Waals surface area (Å²) in [6.07, 6.45) is 5.33. The van der Waals surface area contributed by atoms with Crippen LogP contribution in [0, 0.1) is 25.2 Å². The Kier molecular flexibility index (Phi) is 8.41. The molecule has 0 bridgehead atoms. The van der Waals surface area contributed by atoms with Gasteiger partial charge in [-0.25, -0.2) is 10.2 Å². The van der Waals surface area contributed by atoms with Crippen LogP contribution in [0.2, 0.25) is 0 Å². The molecule has 0 radical (unpaired) electrons. The SMILES string of the molecule is CCOC(=O)N[C@H](CC(=O)N/N=C\c1cc(C)n(-c2sc3c(c2C#N)CCCC3)c1C)c1ccccc1. The number of alkyl carbamates (subject to hydrolysis) is 1. The number of aryl methyl sites for hydroxylation is 2. The molecule has 0 saturated carbocycles. The number of aromatic nitrogens is 1. The van der Waals surface area contributed by atoms with Crippen LogP contribution in [0.5, 0.6) is 0 Å². The number of rotatable bonds is 8. The number of carbonyl (C=O) groups is 2. The predicted molar refractivity (Wildman–Crippen MR) is 144 cm³/mol. The van der Waals surface area contributed by atoms with Crippen molar-refractivity contribution in [2.24, 2.45) is 5.10 Å². The largest absolute Gasteiger partial charge is 0.450 e. The Hall–Kier alpha value is -3.90. The number of hydrazone groups is 1. The van der Waals surface area contributed by atoms with E-state index in [9.17, 15) is 14.9 Å². The van der Waals surface area contributed by atoms with Crippen LogP contribution >= 0.6 is 11.3 Å². The van der Waals surface area contributed by atoms with Crippen molar-refractivity contribution < 1.29 is 14.3 Å². The quantitative estimate of drug-likeness (QED) is 0.315. The summed E-state index contributed by atoms with van der Waals surface area (Å²) < 4.78 is 7.10. The Balaban J connectivity index is 1.48. The monoisotopic (exact) mass is 517 g/mol. The van der Waals surface area contributed by atoms with Crippen LogP contribution in [0.25, 0.3) is 5.00 Å². The van der Waals surface area contributed by atoms with Gasteiger partial charge < -0.3 is 14.6 Å². The summed E-state index contributed by atoms with van der Waals surface area (Å²) in [5.74, 6) is -0.339. The van der Waals surface area contributed by atoms with Crippen molar-refractivity contribution in [3.8, 4) is 11.1 Å². The van der Waals surface area contributed by atoms with Crippen LogP contribution in [0.1, 0.15) is 70.7 Å². The van der Waals surface area contributed by atoms with Crippen LogP contribution in [-0.4, -0.2) is 29.4 Å². The van der Waals surface area contributed by atoms with Gasteiger partial charge in [0.05, 0.1) is 30.8 Å². The van der Waals surface area contributed by atoms with Gasteiger partial charge in [0.1, 0.15) is 11.1 Å². The Morgan fingerprint density at radius 2 is 2.00 bits per heavy atom. The molecule has 2 heterocycles. The van der Waals surface area contributed by atoms with E-state index in [4.69, 9.17) is 4.74 Å². The fraction of sp³-hybridized carbons (Fsp3) is 0.357. The van der Waals surface area contributed by atoms with Crippen LogP contribution in [-0.2, 0) is 22.4 Å². The van der Waals surface area contributed by atoms with E-state index in [1.807, 2.05) is 50.2 Å². The molecule has 8 nitrogen and oxygen atoms in total. The average Bonchev–Trinajstić information content (AvgIpc) is 3.39. The fourth-order valence-electron chi connectivity index (χ4n) is 4.71. The fourth-order valence-corrected chi connectivity index (χ4v) is 6.16. The number of hydrogen-bond donors (Lipinski definition) is 2. The molecule has 192 valence electrons. The highest BCUT2D eigenvalue weighted by Gasteiger charge is 2.24. The maximum atomic E-state index is 12.7. The molecule has 0 aliphatic heterocycles. The molecule has 3 aromatic rings. The number of nitriles is 1. The summed E-state index contributed by atoms with van der Waals surface area (Å²) in [5.41, 5.74) is 8.17. The van der Waals surface area contributed by atoms with Gasteiger partial charge in [-0.3, -0.25) is 4.79 Å². The molecular formula is C28H31N5O3S. The molecule has 2 N–H and O–H groups in total. The number of fused-ring (bicyclic) bond motifs is 1. The second-order valence-electron chi connectivity index (χ2n) is 8.99. The Labute approximate surface area is 221 Å². The van der Waals surface area contributed by atoms with E-state index in [1.54, 1.807) is 24.5 Å². The van der Waals surface area contributed by atoms with Gasteiger partial charge in [-0.15, -0.1) is 11.3 Å². The number of benzene rings is 1. The summed E-state index contributed by atoms with van der Waals surface area (Å²) in [6.45, 7) is 5.97. The van der Waals surface area contributed by atoms with Gasteiger partial charge in [-0.05, 0) is 63.6 Å². The van der Waals surface area contributed by atoms with Crippen LogP contribution in [0.3, 0.4) is 0 Å². The maximum absolute atomic E-state index is 12.7. The lowest BCUT2D eigenvalue weighted by Gasteiger charge is -2.18. The van der Waals surface area contributed by atoms with Gasteiger partial charge in [-0.2, -0.15) is 10.4 Å². The first-order chi connectivity index (χ1) is 17.9. The first kappa shape index (κ1) is 26.2. The molecule has 37 heavy (non-hydrogen) atoms. The molecule has 2 aromatic heterocycles. The van der Waals surface area contributed by atoms with Crippen molar-refractivity contribution >= 4 is 29.6 Å². The molecule has 1 aliphatic rings. The maximum Gasteiger partial charge on any atom is 0.407 e. The third kappa shape index (κ3) is 5.92. The molecule has 0 saturated heterocycles. The number of nitrogens with one attached hydrogen (secondary N) is 2. The number of thiophene rings is 1. The van der Waals surface area contributed by atoms with Crippen LogP contribution in [0.4, 0.5) is 4.79 Å². The highest BCUT2D eigenvalue weighted by atomic mass is 32.1. The Bertz CT molecular complexity index is 1350. The van der Waals surface area contributed by atoms with Gasteiger partial charge in [-0.1, -0.05) is 30.3 Å². The predicted octanol–water partition coefficient (Wildman–Crippen LogP) is 5.23. The second kappa shape index (κ2) is 11.9. The average molecular weight is 518 g/mol. The number of amides is 2. The van der Waals surface area contributed by atoms with Crippen molar-refractivity contribution in [2.45, 2.75) is 58.9 Å². The molecule has 0 spiro atoms. The molecule has 4 rings (SSSR count). The van der Waals surface area contributed by atoms with Crippen molar-refractivity contribution in [1.82, 2.24) is 15.3 Å². The smallest absolute Gasteiger partial charge is 0.407 e. The van der Waals surface area contributed by atoms with Crippen molar-refractivity contribution in [1.29, 1.82) is 5.26 Å². The summed E-state index contributed by atoms with van der Waals surface area (Å²) in [7, 11) is 0. The lowest BCUT2D eigenvalue weighted by molar-refractivity contribution is -0.121. The highest BCUT2D eigenvalue weighted by molar-refractivity contribution is 7.15. The minimum Gasteiger partial charge on any atom is -0.450 e. The lowest BCUT2D eigenvalue weighted by Crippen LogP contribution is -2.33. The van der Waals surface area contributed by atoms with E-state index < -0.39 is 12.1 Å². The molecule has 0 fully saturated rings. The highest BCUT2D eigenvalue weighted by Crippen LogP contribution is 2.38.